The molecule has 0 radical (unpaired) electrons. The largest absolute Gasteiger partial charge is 0.497 e. The quantitative estimate of drug-likeness (QED) is 0.867. The number of nitrogens with zero attached hydrogens (tertiary/aromatic N) is 1. The molecular weight excluding hydrogens is 328 g/mol. The normalized spacial score (nSPS) is 10.1. The first-order valence-corrected chi connectivity index (χ1v) is 7.85. The molecule has 0 spiro atoms. The standard InChI is InChI=1S/C18H19ClN2O3/c1-13(22)21(16-7-3-14(19)4-8-16)12-11-18(23)20-15-5-9-17(24-2)10-6-15/h3-10H,11-12H2,1-2H3,(H,20,23). The summed E-state index contributed by atoms with van der Waals surface area (Å²) in [6, 6.07) is 14.0. The third kappa shape index (κ3) is 4.99. The van der Waals surface area contributed by atoms with Crippen LogP contribution in [0.2, 0.25) is 5.02 Å². The zero-order valence-corrected chi connectivity index (χ0v) is 14.3. The van der Waals surface area contributed by atoms with Crippen molar-refractivity contribution in [1.82, 2.24) is 0 Å². The van der Waals surface area contributed by atoms with Gasteiger partial charge in [-0.1, -0.05) is 11.6 Å². The van der Waals surface area contributed by atoms with Crippen LogP contribution in [-0.2, 0) is 9.59 Å². The van der Waals surface area contributed by atoms with Crippen LogP contribution in [0.15, 0.2) is 48.5 Å². The lowest BCUT2D eigenvalue weighted by molar-refractivity contribution is -0.117. The Labute approximate surface area is 146 Å². The van der Waals surface area contributed by atoms with Crippen molar-refractivity contribution in [2.24, 2.45) is 0 Å². The van der Waals surface area contributed by atoms with Crippen LogP contribution in [0.25, 0.3) is 0 Å². The van der Waals surface area contributed by atoms with Crippen LogP contribution in [-0.4, -0.2) is 25.5 Å². The Hall–Kier alpha value is -2.53. The predicted molar refractivity (Wildman–Crippen MR) is 95.7 cm³/mol. The van der Waals surface area contributed by atoms with E-state index in [9.17, 15) is 9.59 Å². The number of benzene rings is 2. The summed E-state index contributed by atoms with van der Waals surface area (Å²) < 4.78 is 5.07. The molecule has 2 amide bonds. The number of nitrogens with one attached hydrogen (secondary N) is 1. The number of halogens is 1. The van der Waals surface area contributed by atoms with E-state index in [2.05, 4.69) is 5.32 Å². The van der Waals surface area contributed by atoms with Gasteiger partial charge in [0.2, 0.25) is 11.8 Å². The molecule has 2 aromatic carbocycles. The van der Waals surface area contributed by atoms with E-state index in [1.807, 2.05) is 0 Å². The lowest BCUT2D eigenvalue weighted by atomic mass is 10.2. The Balaban J connectivity index is 1.94. The summed E-state index contributed by atoms with van der Waals surface area (Å²) in [6.45, 7) is 1.76. The molecule has 0 saturated heterocycles. The van der Waals surface area contributed by atoms with E-state index in [0.29, 0.717) is 22.9 Å². The van der Waals surface area contributed by atoms with Crippen LogP contribution >= 0.6 is 11.6 Å². The van der Waals surface area contributed by atoms with E-state index in [0.717, 1.165) is 5.75 Å². The lowest BCUT2D eigenvalue weighted by Gasteiger charge is -2.21. The van der Waals surface area contributed by atoms with Crippen LogP contribution in [0.5, 0.6) is 5.75 Å². The van der Waals surface area contributed by atoms with E-state index in [1.54, 1.807) is 60.5 Å². The van der Waals surface area contributed by atoms with Gasteiger partial charge in [0, 0.05) is 36.3 Å². The minimum absolute atomic E-state index is 0.130. The summed E-state index contributed by atoms with van der Waals surface area (Å²) in [6.07, 6.45) is 0.189. The van der Waals surface area contributed by atoms with Gasteiger partial charge in [-0.3, -0.25) is 9.59 Å². The second-order valence-electron chi connectivity index (χ2n) is 5.17. The van der Waals surface area contributed by atoms with Crippen molar-refractivity contribution in [1.29, 1.82) is 0 Å². The molecule has 1 N–H and O–H groups in total. The predicted octanol–water partition coefficient (Wildman–Crippen LogP) is 3.73. The van der Waals surface area contributed by atoms with Gasteiger partial charge in [0.25, 0.3) is 0 Å². The molecule has 24 heavy (non-hydrogen) atoms. The summed E-state index contributed by atoms with van der Waals surface area (Å²) in [5, 5.41) is 3.39. The van der Waals surface area contributed by atoms with Gasteiger partial charge in [-0.15, -0.1) is 0 Å². The SMILES string of the molecule is COc1ccc(NC(=O)CCN(C(C)=O)c2ccc(Cl)cc2)cc1. The molecule has 0 aliphatic heterocycles. The molecule has 0 aromatic heterocycles. The molecular formula is C18H19ClN2O3. The average Bonchev–Trinajstić information content (AvgIpc) is 2.57. The Bertz CT molecular complexity index is 699. The van der Waals surface area contributed by atoms with Gasteiger partial charge in [0.15, 0.2) is 0 Å². The van der Waals surface area contributed by atoms with Crippen molar-refractivity contribution >= 4 is 34.8 Å². The Kier molecular flexibility index (Phi) is 6.21. The minimum Gasteiger partial charge on any atom is -0.497 e. The highest BCUT2D eigenvalue weighted by molar-refractivity contribution is 6.30. The number of ether oxygens (including phenoxy) is 1. The Morgan fingerprint density at radius 2 is 1.71 bits per heavy atom. The number of rotatable bonds is 6. The van der Waals surface area contributed by atoms with Crippen molar-refractivity contribution < 1.29 is 14.3 Å². The van der Waals surface area contributed by atoms with Gasteiger partial charge < -0.3 is 15.0 Å². The zero-order chi connectivity index (χ0) is 17.5. The molecule has 0 heterocycles. The third-order valence-electron chi connectivity index (χ3n) is 3.45. The number of methoxy groups -OCH3 is 1. The fraction of sp³-hybridized carbons (Fsp3) is 0.222. The molecule has 5 nitrogen and oxygen atoms in total. The first kappa shape index (κ1) is 17.8. The van der Waals surface area contributed by atoms with E-state index in [-0.39, 0.29) is 18.2 Å². The van der Waals surface area contributed by atoms with Crippen LogP contribution in [0.4, 0.5) is 11.4 Å². The Morgan fingerprint density at radius 1 is 1.08 bits per heavy atom. The van der Waals surface area contributed by atoms with Gasteiger partial charge in [-0.25, -0.2) is 0 Å². The summed E-state index contributed by atoms with van der Waals surface area (Å²) in [4.78, 5) is 25.4. The average molecular weight is 347 g/mol. The number of hydrogen-bond donors (Lipinski definition) is 1. The van der Waals surface area contributed by atoms with Gasteiger partial charge in [-0.05, 0) is 48.5 Å². The first-order valence-electron chi connectivity index (χ1n) is 7.47. The van der Waals surface area contributed by atoms with Crippen LogP contribution in [0.1, 0.15) is 13.3 Å². The molecule has 0 unspecified atom stereocenters. The zero-order valence-electron chi connectivity index (χ0n) is 13.6. The van der Waals surface area contributed by atoms with Crippen molar-refractivity contribution in [2.75, 3.05) is 23.9 Å². The van der Waals surface area contributed by atoms with Crippen LogP contribution < -0.4 is 15.0 Å². The first-order chi connectivity index (χ1) is 11.5. The topological polar surface area (TPSA) is 58.6 Å². The van der Waals surface area contributed by atoms with Crippen molar-refractivity contribution in [3.8, 4) is 5.75 Å². The molecule has 0 fully saturated rings. The molecule has 0 saturated carbocycles. The summed E-state index contributed by atoms with van der Waals surface area (Å²) >= 11 is 5.86. The summed E-state index contributed by atoms with van der Waals surface area (Å²) in [5.74, 6) is 0.424. The molecule has 126 valence electrons. The maximum absolute atomic E-state index is 12.1. The fourth-order valence-electron chi connectivity index (χ4n) is 2.20. The smallest absolute Gasteiger partial charge is 0.226 e. The van der Waals surface area contributed by atoms with Gasteiger partial charge in [0.1, 0.15) is 5.75 Å². The van der Waals surface area contributed by atoms with E-state index < -0.39 is 0 Å². The highest BCUT2D eigenvalue weighted by Crippen LogP contribution is 2.19. The van der Waals surface area contributed by atoms with Crippen molar-refractivity contribution in [3.63, 3.8) is 0 Å². The third-order valence-corrected chi connectivity index (χ3v) is 3.71. The van der Waals surface area contributed by atoms with Crippen LogP contribution in [0.3, 0.4) is 0 Å². The highest BCUT2D eigenvalue weighted by Gasteiger charge is 2.13. The molecule has 0 aliphatic carbocycles. The summed E-state index contributed by atoms with van der Waals surface area (Å²) in [7, 11) is 1.58. The van der Waals surface area contributed by atoms with Gasteiger partial charge in [0.05, 0.1) is 7.11 Å². The highest BCUT2D eigenvalue weighted by atomic mass is 35.5. The van der Waals surface area contributed by atoms with E-state index in [4.69, 9.17) is 16.3 Å². The van der Waals surface area contributed by atoms with Gasteiger partial charge in [-0.2, -0.15) is 0 Å². The molecule has 6 heteroatoms. The maximum Gasteiger partial charge on any atom is 0.226 e. The Morgan fingerprint density at radius 3 is 2.25 bits per heavy atom. The van der Waals surface area contributed by atoms with Gasteiger partial charge >= 0.3 is 0 Å². The number of hydrogen-bond acceptors (Lipinski definition) is 3. The maximum atomic E-state index is 12.1. The molecule has 2 rings (SSSR count). The fourth-order valence-corrected chi connectivity index (χ4v) is 2.33. The minimum atomic E-state index is -0.166. The summed E-state index contributed by atoms with van der Waals surface area (Å²) in [5.41, 5.74) is 1.39. The molecule has 0 aliphatic rings. The number of carbonyl (C=O) groups excluding carboxylic acids is 2. The molecule has 0 bridgehead atoms. The van der Waals surface area contributed by atoms with Crippen molar-refractivity contribution in [2.45, 2.75) is 13.3 Å². The van der Waals surface area contributed by atoms with Crippen LogP contribution in [0, 0.1) is 0 Å². The lowest BCUT2D eigenvalue weighted by Crippen LogP contribution is -2.31. The number of amides is 2. The van der Waals surface area contributed by atoms with Crippen molar-refractivity contribution in [3.05, 3.63) is 53.6 Å². The molecule has 2 aromatic rings. The second kappa shape index (κ2) is 8.36. The molecule has 0 atom stereocenters. The number of anilines is 2. The monoisotopic (exact) mass is 346 g/mol. The number of carbonyl (C=O) groups is 2. The second-order valence-corrected chi connectivity index (χ2v) is 5.61. The van der Waals surface area contributed by atoms with E-state index >= 15 is 0 Å². The van der Waals surface area contributed by atoms with E-state index in [1.165, 1.54) is 6.92 Å².